The van der Waals surface area contributed by atoms with E-state index in [0.717, 1.165) is 19.3 Å². The van der Waals surface area contributed by atoms with Crippen molar-refractivity contribution in [2.24, 2.45) is 16.6 Å². The molecule has 0 saturated heterocycles. The number of rotatable bonds is 3. The summed E-state index contributed by atoms with van der Waals surface area (Å²) in [6, 6.07) is 0. The van der Waals surface area contributed by atoms with Gasteiger partial charge in [0, 0.05) is 5.54 Å². The van der Waals surface area contributed by atoms with E-state index in [9.17, 15) is 4.79 Å². The molecule has 0 aromatic rings. The first-order valence-electron chi connectivity index (χ1n) is 6.09. The van der Waals surface area contributed by atoms with Crippen LogP contribution in [0.1, 0.15) is 59.8 Å². The number of carboxylic acid groups (broad SMARTS) is 1. The third-order valence-electron chi connectivity index (χ3n) is 4.18. The smallest absolute Gasteiger partial charge is 0.303 e. The molecule has 0 aromatic heterocycles. The van der Waals surface area contributed by atoms with Crippen molar-refractivity contribution in [3.05, 3.63) is 0 Å². The molecular formula is C13H25NO2. The second-order valence-electron chi connectivity index (χ2n) is 6.77. The number of aliphatic carboxylic acids is 1. The van der Waals surface area contributed by atoms with E-state index in [1.54, 1.807) is 0 Å². The molecule has 0 spiro atoms. The predicted octanol–water partition coefficient (Wildman–Crippen LogP) is 2.79. The van der Waals surface area contributed by atoms with Crippen LogP contribution in [0.3, 0.4) is 0 Å². The predicted molar refractivity (Wildman–Crippen MR) is 65.2 cm³/mol. The molecule has 0 bridgehead atoms. The van der Waals surface area contributed by atoms with Crippen molar-refractivity contribution in [2.75, 3.05) is 0 Å². The number of carbonyl (C=O) groups is 1. The summed E-state index contributed by atoms with van der Waals surface area (Å²) >= 11 is 0. The van der Waals surface area contributed by atoms with Crippen molar-refractivity contribution in [3.63, 3.8) is 0 Å². The van der Waals surface area contributed by atoms with E-state index >= 15 is 0 Å². The van der Waals surface area contributed by atoms with Crippen LogP contribution in [0.2, 0.25) is 0 Å². The number of carboxylic acids is 1. The summed E-state index contributed by atoms with van der Waals surface area (Å²) < 4.78 is 0. The fourth-order valence-electron chi connectivity index (χ4n) is 3.22. The van der Waals surface area contributed by atoms with Gasteiger partial charge in [-0.05, 0) is 43.9 Å². The van der Waals surface area contributed by atoms with Gasteiger partial charge in [-0.3, -0.25) is 4.79 Å². The highest BCUT2D eigenvalue weighted by atomic mass is 16.4. The van der Waals surface area contributed by atoms with Crippen molar-refractivity contribution in [1.29, 1.82) is 0 Å². The SMILES string of the molecule is CC1(C)CCCC(CC(=O)O)(C(C)(C)N)C1. The molecule has 0 aliphatic heterocycles. The van der Waals surface area contributed by atoms with Gasteiger partial charge in [0.25, 0.3) is 0 Å². The fourth-order valence-corrected chi connectivity index (χ4v) is 3.22. The molecule has 1 unspecified atom stereocenters. The quantitative estimate of drug-likeness (QED) is 0.779. The summed E-state index contributed by atoms with van der Waals surface area (Å²) in [5.74, 6) is -0.726. The zero-order chi connectivity index (χ0) is 12.6. The number of nitrogens with two attached hydrogens (primary N) is 1. The first-order valence-corrected chi connectivity index (χ1v) is 6.09. The number of hydrogen-bond donors (Lipinski definition) is 2. The highest BCUT2D eigenvalue weighted by Crippen LogP contribution is 2.52. The van der Waals surface area contributed by atoms with Gasteiger partial charge in [0.1, 0.15) is 0 Å². The lowest BCUT2D eigenvalue weighted by atomic mass is 9.55. The van der Waals surface area contributed by atoms with Gasteiger partial charge in [-0.1, -0.05) is 20.3 Å². The van der Waals surface area contributed by atoms with Gasteiger partial charge in [-0.25, -0.2) is 0 Å². The van der Waals surface area contributed by atoms with Gasteiger partial charge in [-0.2, -0.15) is 0 Å². The number of hydrogen-bond acceptors (Lipinski definition) is 2. The average molecular weight is 227 g/mol. The Bertz CT molecular complexity index is 278. The Kier molecular flexibility index (Phi) is 3.39. The van der Waals surface area contributed by atoms with Crippen LogP contribution in [0, 0.1) is 10.8 Å². The minimum Gasteiger partial charge on any atom is -0.481 e. The van der Waals surface area contributed by atoms with E-state index in [1.807, 2.05) is 13.8 Å². The van der Waals surface area contributed by atoms with Gasteiger partial charge < -0.3 is 10.8 Å². The molecule has 1 aliphatic rings. The maximum absolute atomic E-state index is 11.1. The highest BCUT2D eigenvalue weighted by molar-refractivity contribution is 5.68. The Hall–Kier alpha value is -0.570. The molecule has 3 N–H and O–H groups in total. The Morgan fingerprint density at radius 1 is 1.38 bits per heavy atom. The second-order valence-corrected chi connectivity index (χ2v) is 6.77. The monoisotopic (exact) mass is 227 g/mol. The third kappa shape index (κ3) is 2.76. The molecule has 1 rings (SSSR count). The van der Waals surface area contributed by atoms with Crippen molar-refractivity contribution in [1.82, 2.24) is 0 Å². The van der Waals surface area contributed by atoms with E-state index in [4.69, 9.17) is 10.8 Å². The van der Waals surface area contributed by atoms with Gasteiger partial charge in [0.2, 0.25) is 0 Å². The molecule has 0 heterocycles. The molecule has 0 aromatic carbocycles. The summed E-state index contributed by atoms with van der Waals surface area (Å²) in [6.07, 6.45) is 4.30. The zero-order valence-electron chi connectivity index (χ0n) is 11.0. The lowest BCUT2D eigenvalue weighted by molar-refractivity contribution is -0.143. The first kappa shape index (κ1) is 13.5. The van der Waals surface area contributed by atoms with Crippen LogP contribution in [-0.2, 0) is 4.79 Å². The van der Waals surface area contributed by atoms with Gasteiger partial charge in [0.05, 0.1) is 6.42 Å². The zero-order valence-corrected chi connectivity index (χ0v) is 11.0. The fraction of sp³-hybridized carbons (Fsp3) is 0.923. The van der Waals surface area contributed by atoms with Crippen LogP contribution in [-0.4, -0.2) is 16.6 Å². The Balaban J connectivity index is 3.00. The Labute approximate surface area is 98.4 Å². The molecule has 94 valence electrons. The molecule has 1 fully saturated rings. The molecule has 1 saturated carbocycles. The lowest BCUT2D eigenvalue weighted by Gasteiger charge is -2.51. The maximum Gasteiger partial charge on any atom is 0.303 e. The maximum atomic E-state index is 11.1. The van der Waals surface area contributed by atoms with Crippen molar-refractivity contribution in [3.8, 4) is 0 Å². The molecule has 0 amide bonds. The summed E-state index contributed by atoms with van der Waals surface area (Å²) in [5, 5.41) is 9.11. The van der Waals surface area contributed by atoms with Gasteiger partial charge in [0.15, 0.2) is 0 Å². The van der Waals surface area contributed by atoms with Crippen LogP contribution in [0.25, 0.3) is 0 Å². The minimum absolute atomic E-state index is 0.194. The van der Waals surface area contributed by atoms with Gasteiger partial charge in [-0.15, -0.1) is 0 Å². The Morgan fingerprint density at radius 3 is 2.31 bits per heavy atom. The summed E-state index contributed by atoms with van der Waals surface area (Å²) in [4.78, 5) is 11.1. The van der Waals surface area contributed by atoms with E-state index in [1.165, 1.54) is 6.42 Å². The lowest BCUT2D eigenvalue weighted by Crippen LogP contribution is -2.55. The normalized spacial score (nSPS) is 30.1. The minimum atomic E-state index is -0.726. The summed E-state index contributed by atoms with van der Waals surface area (Å²) in [5.41, 5.74) is 5.79. The summed E-state index contributed by atoms with van der Waals surface area (Å²) in [7, 11) is 0. The molecule has 1 aliphatic carbocycles. The van der Waals surface area contributed by atoms with Crippen LogP contribution in [0.4, 0.5) is 0 Å². The average Bonchev–Trinajstić information content (AvgIpc) is 1.97. The van der Waals surface area contributed by atoms with E-state index in [2.05, 4.69) is 13.8 Å². The van der Waals surface area contributed by atoms with E-state index in [-0.39, 0.29) is 17.3 Å². The van der Waals surface area contributed by atoms with Crippen LogP contribution < -0.4 is 5.73 Å². The standard InChI is InChI=1S/C13H25NO2/c1-11(2)6-5-7-13(9-11,8-10(15)16)12(3,4)14/h5-9,14H2,1-4H3,(H,15,16). The van der Waals surface area contributed by atoms with Crippen molar-refractivity contribution < 1.29 is 9.90 Å². The van der Waals surface area contributed by atoms with E-state index < -0.39 is 11.5 Å². The van der Waals surface area contributed by atoms with E-state index in [0.29, 0.717) is 0 Å². The first-order chi connectivity index (χ1) is 7.08. The summed E-state index contributed by atoms with van der Waals surface area (Å²) in [6.45, 7) is 8.37. The van der Waals surface area contributed by atoms with Crippen molar-refractivity contribution in [2.45, 2.75) is 65.3 Å². The molecule has 16 heavy (non-hydrogen) atoms. The highest BCUT2D eigenvalue weighted by Gasteiger charge is 2.49. The van der Waals surface area contributed by atoms with Gasteiger partial charge >= 0.3 is 5.97 Å². The molecule has 3 heteroatoms. The van der Waals surface area contributed by atoms with Crippen LogP contribution >= 0.6 is 0 Å². The van der Waals surface area contributed by atoms with Crippen LogP contribution in [0.15, 0.2) is 0 Å². The Morgan fingerprint density at radius 2 is 1.94 bits per heavy atom. The molecule has 3 nitrogen and oxygen atoms in total. The third-order valence-corrected chi connectivity index (χ3v) is 4.18. The second kappa shape index (κ2) is 4.02. The van der Waals surface area contributed by atoms with Crippen LogP contribution in [0.5, 0.6) is 0 Å². The molecular weight excluding hydrogens is 202 g/mol. The van der Waals surface area contributed by atoms with Crippen molar-refractivity contribution >= 4 is 5.97 Å². The largest absolute Gasteiger partial charge is 0.481 e. The molecule has 0 radical (unpaired) electrons. The topological polar surface area (TPSA) is 63.3 Å². The molecule has 1 atom stereocenters.